The number of hydrogen-bond acceptors (Lipinski definition) is 7. The lowest BCUT2D eigenvalue weighted by Crippen LogP contribution is -2.49. The molecule has 1 aromatic rings. The maximum atomic E-state index is 12.1. The van der Waals surface area contributed by atoms with Crippen LogP contribution >= 0.6 is 0 Å². The molecule has 1 fully saturated rings. The van der Waals surface area contributed by atoms with Gasteiger partial charge in [0.25, 0.3) is 0 Å². The van der Waals surface area contributed by atoms with Crippen LogP contribution in [-0.4, -0.2) is 55.5 Å². The number of carbonyl (C=O) groups is 2. The second-order valence-corrected chi connectivity index (χ2v) is 7.59. The molecule has 1 atom stereocenters. The smallest absolute Gasteiger partial charge is 0.408 e. The van der Waals surface area contributed by atoms with Crippen molar-refractivity contribution < 1.29 is 23.8 Å². The molecule has 8 nitrogen and oxygen atoms in total. The molecule has 1 saturated heterocycles. The minimum atomic E-state index is -0.560. The highest BCUT2D eigenvalue weighted by atomic mass is 16.6. The SMILES string of the molecule is COC(=O)c1cnc(OC)cc1N1CCC(C)(NC(=O)OC(C)(C)C)C1. The lowest BCUT2D eigenvalue weighted by Gasteiger charge is -2.29. The summed E-state index contributed by atoms with van der Waals surface area (Å²) in [6.45, 7) is 8.59. The molecule has 1 amide bonds. The molecule has 1 aromatic heterocycles. The summed E-state index contributed by atoms with van der Waals surface area (Å²) in [5.41, 5.74) is -0.0187. The highest BCUT2D eigenvalue weighted by molar-refractivity contribution is 5.95. The Bertz CT molecular complexity index is 686. The number of alkyl carbamates (subject to hydrolysis) is 1. The van der Waals surface area contributed by atoms with Crippen molar-refractivity contribution in [3.63, 3.8) is 0 Å². The number of hydrogen-bond donors (Lipinski definition) is 1. The van der Waals surface area contributed by atoms with Crippen LogP contribution in [0.2, 0.25) is 0 Å². The fourth-order valence-electron chi connectivity index (χ4n) is 2.89. The van der Waals surface area contributed by atoms with Gasteiger partial charge in [0, 0.05) is 25.4 Å². The van der Waals surface area contributed by atoms with E-state index in [2.05, 4.69) is 10.3 Å². The normalized spacial score (nSPS) is 19.8. The Kier molecular flexibility index (Phi) is 5.63. The van der Waals surface area contributed by atoms with E-state index in [1.807, 2.05) is 32.6 Å². The first-order valence-corrected chi connectivity index (χ1v) is 8.45. The number of esters is 1. The van der Waals surface area contributed by atoms with E-state index in [0.29, 0.717) is 36.6 Å². The van der Waals surface area contributed by atoms with Crippen molar-refractivity contribution in [2.75, 3.05) is 32.2 Å². The first kappa shape index (κ1) is 19.8. The van der Waals surface area contributed by atoms with E-state index in [0.717, 1.165) is 0 Å². The second kappa shape index (κ2) is 7.39. The van der Waals surface area contributed by atoms with Gasteiger partial charge in [-0.05, 0) is 34.1 Å². The van der Waals surface area contributed by atoms with Gasteiger partial charge >= 0.3 is 12.1 Å². The molecule has 0 aromatic carbocycles. The van der Waals surface area contributed by atoms with Crippen LogP contribution in [0.4, 0.5) is 10.5 Å². The number of nitrogens with one attached hydrogen (secondary N) is 1. The van der Waals surface area contributed by atoms with Crippen LogP contribution in [-0.2, 0) is 9.47 Å². The van der Waals surface area contributed by atoms with E-state index < -0.39 is 23.2 Å². The molecule has 0 aliphatic carbocycles. The van der Waals surface area contributed by atoms with Gasteiger partial charge in [0.2, 0.25) is 5.88 Å². The van der Waals surface area contributed by atoms with Gasteiger partial charge in [-0.15, -0.1) is 0 Å². The van der Waals surface area contributed by atoms with E-state index in [1.54, 1.807) is 6.07 Å². The average Bonchev–Trinajstić information content (AvgIpc) is 2.93. The van der Waals surface area contributed by atoms with Gasteiger partial charge in [-0.1, -0.05) is 0 Å². The van der Waals surface area contributed by atoms with Gasteiger partial charge in [-0.2, -0.15) is 0 Å². The molecule has 26 heavy (non-hydrogen) atoms. The minimum Gasteiger partial charge on any atom is -0.481 e. The third-order valence-corrected chi connectivity index (χ3v) is 4.09. The molecule has 144 valence electrons. The molecular formula is C18H27N3O5. The van der Waals surface area contributed by atoms with Crippen LogP contribution in [0.25, 0.3) is 0 Å². The number of amides is 1. The largest absolute Gasteiger partial charge is 0.481 e. The Morgan fingerprint density at radius 2 is 2.00 bits per heavy atom. The van der Waals surface area contributed by atoms with Crippen LogP contribution in [0.1, 0.15) is 44.5 Å². The Morgan fingerprint density at radius 1 is 1.31 bits per heavy atom. The molecule has 0 spiro atoms. The summed E-state index contributed by atoms with van der Waals surface area (Å²) in [7, 11) is 2.84. The van der Waals surface area contributed by atoms with Crippen molar-refractivity contribution in [3.8, 4) is 5.88 Å². The van der Waals surface area contributed by atoms with Crippen LogP contribution < -0.4 is 15.0 Å². The maximum absolute atomic E-state index is 12.1. The topological polar surface area (TPSA) is 90.0 Å². The molecule has 0 radical (unpaired) electrons. The number of rotatable bonds is 4. The summed E-state index contributed by atoms with van der Waals surface area (Å²) in [6, 6.07) is 1.70. The lowest BCUT2D eigenvalue weighted by atomic mass is 10.0. The summed E-state index contributed by atoms with van der Waals surface area (Å²) in [5, 5.41) is 2.94. The maximum Gasteiger partial charge on any atom is 0.408 e. The number of anilines is 1. The van der Waals surface area contributed by atoms with Crippen LogP contribution in [0.15, 0.2) is 12.3 Å². The van der Waals surface area contributed by atoms with Crippen molar-refractivity contribution in [1.29, 1.82) is 0 Å². The Balaban J connectivity index is 2.19. The van der Waals surface area contributed by atoms with Crippen molar-refractivity contribution >= 4 is 17.7 Å². The molecule has 1 aliphatic heterocycles. The molecule has 1 aliphatic rings. The molecule has 2 heterocycles. The molecule has 8 heteroatoms. The number of nitrogens with zero attached hydrogens (tertiary/aromatic N) is 2. The quantitative estimate of drug-likeness (QED) is 0.819. The standard InChI is InChI=1S/C18H27N3O5/c1-17(2,3)26-16(23)20-18(4)7-8-21(11-18)13-9-14(24-5)19-10-12(13)15(22)25-6/h9-10H,7-8,11H2,1-6H3,(H,20,23). The molecule has 0 saturated carbocycles. The fourth-order valence-corrected chi connectivity index (χ4v) is 2.89. The van der Waals surface area contributed by atoms with Crippen molar-refractivity contribution in [3.05, 3.63) is 17.8 Å². The van der Waals surface area contributed by atoms with Crippen molar-refractivity contribution in [2.45, 2.75) is 45.3 Å². The van der Waals surface area contributed by atoms with Gasteiger partial charge in [-0.3, -0.25) is 0 Å². The van der Waals surface area contributed by atoms with E-state index in [4.69, 9.17) is 14.2 Å². The van der Waals surface area contributed by atoms with Gasteiger partial charge in [0.05, 0.1) is 25.4 Å². The molecule has 2 rings (SSSR count). The average molecular weight is 365 g/mol. The summed E-state index contributed by atoms with van der Waals surface area (Å²) in [5.74, 6) is -0.0646. The van der Waals surface area contributed by atoms with Crippen molar-refractivity contribution in [1.82, 2.24) is 10.3 Å². The Morgan fingerprint density at radius 3 is 2.58 bits per heavy atom. The Hall–Kier alpha value is -2.51. The predicted octanol–water partition coefficient (Wildman–Crippen LogP) is 2.37. The summed E-state index contributed by atoms with van der Waals surface area (Å²) >= 11 is 0. The highest BCUT2D eigenvalue weighted by Gasteiger charge is 2.38. The number of carbonyl (C=O) groups excluding carboxylic acids is 2. The summed E-state index contributed by atoms with van der Waals surface area (Å²) < 4.78 is 15.4. The number of aromatic nitrogens is 1. The zero-order chi connectivity index (χ0) is 19.5. The first-order chi connectivity index (χ1) is 12.1. The minimum absolute atomic E-state index is 0.356. The van der Waals surface area contributed by atoms with E-state index in [9.17, 15) is 9.59 Å². The zero-order valence-corrected chi connectivity index (χ0v) is 16.2. The van der Waals surface area contributed by atoms with Gasteiger partial charge < -0.3 is 24.4 Å². The van der Waals surface area contributed by atoms with E-state index in [1.165, 1.54) is 20.4 Å². The third-order valence-electron chi connectivity index (χ3n) is 4.09. The molecule has 1 N–H and O–H groups in total. The molecule has 0 bridgehead atoms. The number of pyridine rings is 1. The Labute approximate surface area is 153 Å². The predicted molar refractivity (Wildman–Crippen MR) is 96.7 cm³/mol. The summed E-state index contributed by atoms with van der Waals surface area (Å²) in [4.78, 5) is 30.3. The third kappa shape index (κ3) is 4.77. The van der Waals surface area contributed by atoms with Crippen LogP contribution in [0.5, 0.6) is 5.88 Å². The monoisotopic (exact) mass is 365 g/mol. The zero-order valence-electron chi connectivity index (χ0n) is 16.2. The molecule has 1 unspecified atom stereocenters. The van der Waals surface area contributed by atoms with E-state index >= 15 is 0 Å². The van der Waals surface area contributed by atoms with Crippen molar-refractivity contribution in [2.24, 2.45) is 0 Å². The van der Waals surface area contributed by atoms with Gasteiger partial charge in [0.15, 0.2) is 0 Å². The second-order valence-electron chi connectivity index (χ2n) is 7.59. The first-order valence-electron chi connectivity index (χ1n) is 8.45. The lowest BCUT2D eigenvalue weighted by molar-refractivity contribution is 0.0472. The van der Waals surface area contributed by atoms with Crippen LogP contribution in [0.3, 0.4) is 0 Å². The number of ether oxygens (including phenoxy) is 3. The van der Waals surface area contributed by atoms with Crippen LogP contribution in [0, 0.1) is 0 Å². The van der Waals surface area contributed by atoms with Gasteiger partial charge in [0.1, 0.15) is 11.2 Å². The van der Waals surface area contributed by atoms with Gasteiger partial charge in [-0.25, -0.2) is 14.6 Å². The molecular weight excluding hydrogens is 338 g/mol. The summed E-state index contributed by atoms with van der Waals surface area (Å²) in [6.07, 6.45) is 1.69. The highest BCUT2D eigenvalue weighted by Crippen LogP contribution is 2.31. The number of methoxy groups -OCH3 is 2. The van der Waals surface area contributed by atoms with E-state index in [-0.39, 0.29) is 0 Å². The fraction of sp³-hybridized carbons (Fsp3) is 0.611.